The van der Waals surface area contributed by atoms with Gasteiger partial charge < -0.3 is 9.84 Å². The first-order valence-electron chi connectivity index (χ1n) is 8.51. The highest BCUT2D eigenvalue weighted by molar-refractivity contribution is 5.99. The minimum absolute atomic E-state index is 0.161. The van der Waals surface area contributed by atoms with Crippen LogP contribution >= 0.6 is 0 Å². The summed E-state index contributed by atoms with van der Waals surface area (Å²) in [4.78, 5) is 25.2. The number of amides is 1. The van der Waals surface area contributed by atoms with E-state index in [1.54, 1.807) is 12.1 Å². The van der Waals surface area contributed by atoms with Crippen molar-refractivity contribution in [2.45, 2.75) is 6.42 Å². The molecular formula is C22H17NO4. The highest BCUT2D eigenvalue weighted by Gasteiger charge is 2.27. The van der Waals surface area contributed by atoms with Gasteiger partial charge in [0.15, 0.2) is 0 Å². The van der Waals surface area contributed by atoms with Crippen LogP contribution in [0.5, 0.6) is 0 Å². The maximum absolute atomic E-state index is 12.6. The van der Waals surface area contributed by atoms with Crippen molar-refractivity contribution in [3.63, 3.8) is 0 Å². The number of rotatable bonds is 3. The van der Waals surface area contributed by atoms with Crippen molar-refractivity contribution >= 4 is 23.4 Å². The van der Waals surface area contributed by atoms with Crippen molar-refractivity contribution in [2.75, 3.05) is 12.0 Å². The summed E-state index contributed by atoms with van der Waals surface area (Å²) in [6.07, 6.45) is 0.199. The molecule has 0 atom stereocenters. The van der Waals surface area contributed by atoms with E-state index in [4.69, 9.17) is 9.84 Å². The molecule has 0 saturated heterocycles. The van der Waals surface area contributed by atoms with E-state index in [1.165, 1.54) is 35.3 Å². The number of methoxy groups -OCH3 is 1. The topological polar surface area (TPSA) is 66.8 Å². The van der Waals surface area contributed by atoms with Crippen molar-refractivity contribution in [1.82, 2.24) is 0 Å². The van der Waals surface area contributed by atoms with Crippen LogP contribution in [0.25, 0.3) is 11.1 Å². The summed E-state index contributed by atoms with van der Waals surface area (Å²) in [6.45, 7) is 0. The van der Waals surface area contributed by atoms with E-state index in [0.29, 0.717) is 5.69 Å². The number of carbonyl (C=O) groups excluding carboxylic acids is 1. The second kappa shape index (κ2) is 6.61. The predicted octanol–water partition coefficient (Wildman–Crippen LogP) is 4.86. The molecule has 1 aliphatic carbocycles. The maximum atomic E-state index is 12.6. The molecule has 3 aromatic rings. The summed E-state index contributed by atoms with van der Waals surface area (Å²) >= 11 is 0. The fourth-order valence-electron chi connectivity index (χ4n) is 3.54. The third kappa shape index (κ3) is 2.83. The van der Waals surface area contributed by atoms with Gasteiger partial charge in [-0.1, -0.05) is 36.4 Å². The largest absolute Gasteiger partial charge is 0.478 e. The summed E-state index contributed by atoms with van der Waals surface area (Å²) in [6, 6.07) is 20.2. The quantitative estimate of drug-likeness (QED) is 0.567. The molecule has 0 spiro atoms. The number of nitrogens with zero attached hydrogens (tertiary/aromatic N) is 1. The highest BCUT2D eigenvalue weighted by Crippen LogP contribution is 2.43. The zero-order valence-electron chi connectivity index (χ0n) is 14.7. The molecule has 4 rings (SSSR count). The number of carbonyl (C=O) groups is 2. The molecule has 0 unspecified atom stereocenters. The third-order valence-corrected chi connectivity index (χ3v) is 4.80. The number of hydrogen-bond donors (Lipinski definition) is 1. The molecule has 1 aliphatic rings. The van der Waals surface area contributed by atoms with Crippen molar-refractivity contribution in [1.29, 1.82) is 0 Å². The number of hydrogen-bond acceptors (Lipinski definition) is 3. The van der Waals surface area contributed by atoms with Crippen molar-refractivity contribution in [3.05, 3.63) is 83.4 Å². The van der Waals surface area contributed by atoms with Crippen LogP contribution in [0.4, 0.5) is 16.2 Å². The summed E-state index contributed by atoms with van der Waals surface area (Å²) in [5, 5.41) is 9.11. The summed E-state index contributed by atoms with van der Waals surface area (Å²) < 4.78 is 5.01. The Morgan fingerprint density at radius 2 is 1.63 bits per heavy atom. The molecule has 1 N–H and O–H groups in total. The Labute approximate surface area is 156 Å². The minimum atomic E-state index is -1.01. The molecule has 0 aliphatic heterocycles. The first kappa shape index (κ1) is 16.8. The average molecular weight is 359 g/mol. The van der Waals surface area contributed by atoms with Gasteiger partial charge in [0.25, 0.3) is 0 Å². The van der Waals surface area contributed by atoms with Gasteiger partial charge >= 0.3 is 12.1 Å². The maximum Gasteiger partial charge on any atom is 0.418 e. The number of fused-ring (bicyclic) bond motifs is 3. The zero-order chi connectivity index (χ0) is 19.0. The Hall–Kier alpha value is -3.60. The van der Waals surface area contributed by atoms with Gasteiger partial charge in [0.2, 0.25) is 0 Å². The van der Waals surface area contributed by atoms with Gasteiger partial charge in [0.05, 0.1) is 24.0 Å². The molecular weight excluding hydrogens is 342 g/mol. The molecule has 134 valence electrons. The monoisotopic (exact) mass is 359 g/mol. The number of anilines is 2. The number of aromatic carboxylic acids is 1. The number of carboxylic acids is 1. The van der Waals surface area contributed by atoms with Crippen molar-refractivity contribution in [2.24, 2.45) is 0 Å². The predicted molar refractivity (Wildman–Crippen MR) is 103 cm³/mol. The van der Waals surface area contributed by atoms with E-state index in [1.807, 2.05) is 30.3 Å². The van der Waals surface area contributed by atoms with E-state index in [2.05, 4.69) is 12.1 Å². The summed E-state index contributed by atoms with van der Waals surface area (Å²) in [5.41, 5.74) is 5.97. The van der Waals surface area contributed by atoms with Crippen molar-refractivity contribution < 1.29 is 19.4 Å². The number of carboxylic acid groups (broad SMARTS) is 1. The van der Waals surface area contributed by atoms with Gasteiger partial charge in [0.1, 0.15) is 0 Å². The van der Waals surface area contributed by atoms with Crippen LogP contribution in [0.15, 0.2) is 66.7 Å². The summed E-state index contributed by atoms with van der Waals surface area (Å²) in [7, 11) is 1.33. The third-order valence-electron chi connectivity index (χ3n) is 4.80. The van der Waals surface area contributed by atoms with Gasteiger partial charge in [-0.25, -0.2) is 14.5 Å². The zero-order valence-corrected chi connectivity index (χ0v) is 14.7. The van der Waals surface area contributed by atoms with Gasteiger partial charge in [-0.2, -0.15) is 0 Å². The Bertz CT molecular complexity index is 1040. The second-order valence-electron chi connectivity index (χ2n) is 6.29. The van der Waals surface area contributed by atoms with Crippen LogP contribution in [0.3, 0.4) is 0 Å². The molecule has 5 nitrogen and oxygen atoms in total. The molecule has 1 amide bonds. The van der Waals surface area contributed by atoms with Gasteiger partial charge in [-0.3, -0.25) is 0 Å². The molecule has 3 aromatic carbocycles. The normalized spacial score (nSPS) is 11.4. The van der Waals surface area contributed by atoms with Crippen LogP contribution in [0, 0.1) is 0 Å². The van der Waals surface area contributed by atoms with Gasteiger partial charge in [-0.15, -0.1) is 0 Å². The van der Waals surface area contributed by atoms with Crippen LogP contribution in [-0.4, -0.2) is 24.3 Å². The van der Waals surface area contributed by atoms with E-state index >= 15 is 0 Å². The molecule has 0 heterocycles. The second-order valence-corrected chi connectivity index (χ2v) is 6.29. The lowest BCUT2D eigenvalue weighted by molar-refractivity contribution is 0.0697. The van der Waals surface area contributed by atoms with Crippen LogP contribution in [0.1, 0.15) is 21.5 Å². The highest BCUT2D eigenvalue weighted by atomic mass is 16.5. The fourth-order valence-corrected chi connectivity index (χ4v) is 3.54. The lowest BCUT2D eigenvalue weighted by Gasteiger charge is -2.24. The smallest absolute Gasteiger partial charge is 0.418 e. The Kier molecular flexibility index (Phi) is 4.12. The molecule has 0 aromatic heterocycles. The van der Waals surface area contributed by atoms with Gasteiger partial charge in [-0.05, 0) is 52.6 Å². The average Bonchev–Trinajstić information content (AvgIpc) is 3.08. The van der Waals surface area contributed by atoms with Crippen molar-refractivity contribution in [3.8, 4) is 11.1 Å². The first-order chi connectivity index (χ1) is 13.1. The van der Waals surface area contributed by atoms with E-state index in [0.717, 1.165) is 23.2 Å². The lowest BCUT2D eigenvalue weighted by atomic mass is 10.0. The Morgan fingerprint density at radius 1 is 0.926 bits per heavy atom. The number of benzene rings is 3. The first-order valence-corrected chi connectivity index (χ1v) is 8.51. The summed E-state index contributed by atoms with van der Waals surface area (Å²) in [5.74, 6) is -1.01. The molecule has 5 heteroatoms. The lowest BCUT2D eigenvalue weighted by Crippen LogP contribution is -2.26. The fraction of sp³-hybridized carbons (Fsp3) is 0.0909. The molecule has 27 heavy (non-hydrogen) atoms. The molecule has 0 bridgehead atoms. The van der Waals surface area contributed by atoms with Crippen LogP contribution in [-0.2, 0) is 11.2 Å². The Morgan fingerprint density at radius 3 is 2.33 bits per heavy atom. The number of ether oxygens (including phenoxy) is 1. The van der Waals surface area contributed by atoms with Crippen LogP contribution in [0.2, 0.25) is 0 Å². The Balaban J connectivity index is 1.84. The molecule has 0 radical (unpaired) electrons. The van der Waals surface area contributed by atoms with E-state index in [-0.39, 0.29) is 5.56 Å². The SMILES string of the molecule is COC(=O)N(c1ccc(C(=O)O)cc1)c1cccc2c1Cc1ccccc1-2. The standard InChI is InChI=1S/C22H17NO4/c1-27-22(26)23(16-11-9-14(10-12-16)21(24)25)20-8-4-7-18-17-6-3-2-5-15(17)13-19(18)20/h2-12H,13H2,1H3,(H,24,25). The van der Waals surface area contributed by atoms with Crippen LogP contribution < -0.4 is 4.90 Å². The van der Waals surface area contributed by atoms with E-state index < -0.39 is 12.1 Å². The molecule has 0 saturated carbocycles. The van der Waals surface area contributed by atoms with E-state index in [9.17, 15) is 9.59 Å². The minimum Gasteiger partial charge on any atom is -0.478 e. The molecule has 0 fully saturated rings. The van der Waals surface area contributed by atoms with Gasteiger partial charge in [0, 0.05) is 6.42 Å².